The first-order valence-electron chi connectivity index (χ1n) is 9.26. The maximum atomic E-state index is 12.3. The fourth-order valence-corrected chi connectivity index (χ4v) is 3.87. The van der Waals surface area contributed by atoms with Gasteiger partial charge in [0, 0.05) is 30.9 Å². The molecule has 2 N–H and O–H groups in total. The molecule has 26 heavy (non-hydrogen) atoms. The van der Waals surface area contributed by atoms with E-state index in [1.165, 1.54) is 5.56 Å². The van der Waals surface area contributed by atoms with E-state index in [0.29, 0.717) is 6.04 Å². The van der Waals surface area contributed by atoms with Gasteiger partial charge in [0.2, 0.25) is 0 Å². The molecule has 2 aliphatic heterocycles. The number of hydrogen-bond acceptors (Lipinski definition) is 3. The van der Waals surface area contributed by atoms with Crippen LogP contribution in [0.15, 0.2) is 54.6 Å². The number of anilines is 1. The van der Waals surface area contributed by atoms with E-state index < -0.39 is 0 Å². The Hall–Kier alpha value is -2.37. The Kier molecular flexibility index (Phi) is 4.91. The first-order chi connectivity index (χ1) is 12.7. The second kappa shape index (κ2) is 7.48. The van der Waals surface area contributed by atoms with Crippen LogP contribution in [0.25, 0.3) is 11.1 Å². The van der Waals surface area contributed by atoms with Gasteiger partial charge in [-0.25, -0.2) is 4.79 Å². The third-order valence-corrected chi connectivity index (χ3v) is 5.18. The zero-order valence-electron chi connectivity index (χ0n) is 15.0. The highest BCUT2D eigenvalue weighted by atomic mass is 16.5. The number of fused-ring (bicyclic) bond motifs is 1. The van der Waals surface area contributed by atoms with Gasteiger partial charge in [0.05, 0.1) is 12.7 Å². The fraction of sp³-hybridized carbons (Fsp3) is 0.381. The number of rotatable bonds is 3. The van der Waals surface area contributed by atoms with Crippen LogP contribution < -0.4 is 10.6 Å². The summed E-state index contributed by atoms with van der Waals surface area (Å²) >= 11 is 0. The maximum absolute atomic E-state index is 12.3. The van der Waals surface area contributed by atoms with Crippen molar-refractivity contribution >= 4 is 11.7 Å². The lowest BCUT2D eigenvalue weighted by atomic mass is 10.1. The Morgan fingerprint density at radius 3 is 2.54 bits per heavy atom. The number of benzene rings is 2. The smallest absolute Gasteiger partial charge is 0.319 e. The second-order valence-corrected chi connectivity index (χ2v) is 7.23. The van der Waals surface area contributed by atoms with E-state index >= 15 is 0 Å². The Labute approximate surface area is 154 Å². The molecule has 0 aromatic heterocycles. The molecular formula is C21H25N3O2. The van der Waals surface area contributed by atoms with Gasteiger partial charge in [0.1, 0.15) is 0 Å². The lowest BCUT2D eigenvalue weighted by molar-refractivity contribution is -0.0390. The molecule has 0 saturated carbocycles. The van der Waals surface area contributed by atoms with Gasteiger partial charge in [-0.1, -0.05) is 42.5 Å². The summed E-state index contributed by atoms with van der Waals surface area (Å²) in [5, 5.41) is 6.04. The molecule has 2 aromatic rings. The third-order valence-electron chi connectivity index (χ3n) is 5.18. The number of carbonyl (C=O) groups excluding carboxylic acids is 1. The molecule has 2 aliphatic rings. The van der Waals surface area contributed by atoms with Crippen molar-refractivity contribution in [1.29, 1.82) is 0 Å². The van der Waals surface area contributed by atoms with E-state index in [9.17, 15) is 4.79 Å². The lowest BCUT2D eigenvalue weighted by Gasteiger charge is -2.33. The summed E-state index contributed by atoms with van der Waals surface area (Å²) in [4.78, 5) is 14.7. The van der Waals surface area contributed by atoms with Gasteiger partial charge < -0.3 is 15.4 Å². The number of ether oxygens (including phenoxy) is 1. The molecule has 2 saturated heterocycles. The molecule has 0 spiro atoms. The van der Waals surface area contributed by atoms with Gasteiger partial charge in [-0.3, -0.25) is 4.90 Å². The van der Waals surface area contributed by atoms with Crippen LogP contribution in [0.1, 0.15) is 13.3 Å². The highest BCUT2D eigenvalue weighted by molar-refractivity contribution is 5.89. The van der Waals surface area contributed by atoms with Crippen LogP contribution in [-0.4, -0.2) is 48.8 Å². The molecule has 0 radical (unpaired) electrons. The molecule has 3 atom stereocenters. The van der Waals surface area contributed by atoms with Gasteiger partial charge >= 0.3 is 6.03 Å². The monoisotopic (exact) mass is 351 g/mol. The van der Waals surface area contributed by atoms with Crippen LogP contribution in [-0.2, 0) is 4.74 Å². The van der Waals surface area contributed by atoms with Crippen LogP contribution in [0, 0.1) is 0 Å². The van der Waals surface area contributed by atoms with Crippen LogP contribution in [0.5, 0.6) is 0 Å². The van der Waals surface area contributed by atoms with Crippen molar-refractivity contribution < 1.29 is 9.53 Å². The summed E-state index contributed by atoms with van der Waals surface area (Å²) in [5.74, 6) is 0. The second-order valence-electron chi connectivity index (χ2n) is 7.23. The zero-order valence-corrected chi connectivity index (χ0v) is 15.0. The molecule has 5 nitrogen and oxygen atoms in total. The van der Waals surface area contributed by atoms with Crippen molar-refractivity contribution in [2.24, 2.45) is 0 Å². The number of morpholine rings is 1. The Morgan fingerprint density at radius 1 is 1.04 bits per heavy atom. The average molecular weight is 351 g/mol. The van der Waals surface area contributed by atoms with Crippen LogP contribution >= 0.6 is 0 Å². The van der Waals surface area contributed by atoms with Crippen molar-refractivity contribution in [3.8, 4) is 11.1 Å². The van der Waals surface area contributed by atoms with Gasteiger partial charge in [-0.2, -0.15) is 0 Å². The maximum Gasteiger partial charge on any atom is 0.319 e. The molecule has 2 aromatic carbocycles. The summed E-state index contributed by atoms with van der Waals surface area (Å²) in [6.07, 6.45) is 1.23. The number of amides is 2. The van der Waals surface area contributed by atoms with Gasteiger partial charge in [-0.15, -0.1) is 0 Å². The van der Waals surface area contributed by atoms with Crippen molar-refractivity contribution in [3.05, 3.63) is 54.6 Å². The van der Waals surface area contributed by atoms with E-state index in [0.717, 1.165) is 37.4 Å². The molecule has 2 amide bonds. The number of nitrogens with one attached hydrogen (secondary N) is 2. The summed E-state index contributed by atoms with van der Waals surface area (Å²) < 4.78 is 5.72. The van der Waals surface area contributed by atoms with E-state index in [2.05, 4.69) is 34.6 Å². The van der Waals surface area contributed by atoms with Crippen LogP contribution in [0.4, 0.5) is 10.5 Å². The summed E-state index contributed by atoms with van der Waals surface area (Å²) in [6, 6.07) is 18.6. The van der Waals surface area contributed by atoms with Gasteiger partial charge in [-0.05, 0) is 36.6 Å². The predicted octanol–water partition coefficient (Wildman–Crippen LogP) is 3.34. The SMILES string of the molecule is C[C@H]1CN2C[C@H](NC(=O)Nc3ccc(-c4ccccc4)cc3)C[C@H]2CO1. The average Bonchev–Trinajstić information content (AvgIpc) is 3.04. The predicted molar refractivity (Wildman–Crippen MR) is 103 cm³/mol. The molecule has 4 rings (SSSR count). The van der Waals surface area contributed by atoms with Gasteiger partial charge in [0.25, 0.3) is 0 Å². The Morgan fingerprint density at radius 2 is 1.77 bits per heavy atom. The highest BCUT2D eigenvalue weighted by Gasteiger charge is 2.36. The van der Waals surface area contributed by atoms with Crippen LogP contribution in [0.3, 0.4) is 0 Å². The van der Waals surface area contributed by atoms with Crippen molar-refractivity contribution in [2.45, 2.75) is 31.5 Å². The number of carbonyl (C=O) groups is 1. The third kappa shape index (κ3) is 3.89. The normalized spacial score (nSPS) is 25.5. The molecule has 2 heterocycles. The van der Waals surface area contributed by atoms with E-state index in [4.69, 9.17) is 4.74 Å². The lowest BCUT2D eigenvalue weighted by Crippen LogP contribution is -2.45. The molecule has 0 unspecified atom stereocenters. The molecule has 5 heteroatoms. The van der Waals surface area contributed by atoms with Crippen molar-refractivity contribution in [1.82, 2.24) is 10.2 Å². The number of nitrogens with zero attached hydrogens (tertiary/aromatic N) is 1. The van der Waals surface area contributed by atoms with Crippen molar-refractivity contribution in [3.63, 3.8) is 0 Å². The summed E-state index contributed by atoms with van der Waals surface area (Å²) in [7, 11) is 0. The van der Waals surface area contributed by atoms with Crippen LogP contribution in [0.2, 0.25) is 0 Å². The zero-order chi connectivity index (χ0) is 17.9. The van der Waals surface area contributed by atoms with E-state index in [-0.39, 0.29) is 18.2 Å². The summed E-state index contributed by atoms with van der Waals surface area (Å²) in [5.41, 5.74) is 3.11. The minimum absolute atomic E-state index is 0.142. The topological polar surface area (TPSA) is 53.6 Å². The number of hydrogen-bond donors (Lipinski definition) is 2. The summed E-state index contributed by atoms with van der Waals surface area (Å²) in [6.45, 7) is 4.72. The molecule has 0 aliphatic carbocycles. The molecule has 2 fully saturated rings. The fourth-order valence-electron chi connectivity index (χ4n) is 3.87. The first kappa shape index (κ1) is 17.1. The molecule has 136 valence electrons. The highest BCUT2D eigenvalue weighted by Crippen LogP contribution is 2.24. The Bertz CT molecular complexity index is 748. The first-order valence-corrected chi connectivity index (χ1v) is 9.26. The standard InChI is InChI=1S/C21H25N3O2/c1-15-12-24-13-19(11-20(24)14-26-15)23-21(25)22-18-9-7-17(8-10-18)16-5-3-2-4-6-16/h2-10,15,19-20H,11-14H2,1H3,(H2,22,23,25)/t15-,19+,20-/m0/s1. The molecular weight excluding hydrogens is 326 g/mol. The quantitative estimate of drug-likeness (QED) is 0.892. The number of urea groups is 1. The Balaban J connectivity index is 1.31. The van der Waals surface area contributed by atoms with Gasteiger partial charge in [0.15, 0.2) is 0 Å². The molecule has 0 bridgehead atoms. The van der Waals surface area contributed by atoms with E-state index in [1.54, 1.807) is 0 Å². The van der Waals surface area contributed by atoms with E-state index in [1.807, 2.05) is 42.5 Å². The largest absolute Gasteiger partial charge is 0.376 e. The minimum atomic E-state index is -0.142. The minimum Gasteiger partial charge on any atom is -0.376 e. The van der Waals surface area contributed by atoms with Crippen molar-refractivity contribution in [2.75, 3.05) is 25.0 Å².